The second-order valence-corrected chi connectivity index (χ2v) is 6.46. The Bertz CT molecular complexity index is 746. The van der Waals surface area contributed by atoms with Crippen molar-refractivity contribution in [3.8, 4) is 0 Å². The number of allylic oxidation sites excluding steroid dienone is 1. The van der Waals surface area contributed by atoms with E-state index in [2.05, 4.69) is 15.3 Å². The third kappa shape index (κ3) is 4.16. The molecule has 1 saturated heterocycles. The Labute approximate surface area is 157 Å². The molecular formula is C19H24F3N5. The van der Waals surface area contributed by atoms with Crippen molar-refractivity contribution in [2.75, 3.05) is 26.2 Å². The molecule has 27 heavy (non-hydrogen) atoms. The van der Waals surface area contributed by atoms with Crippen molar-refractivity contribution in [1.29, 1.82) is 0 Å². The third-order valence-corrected chi connectivity index (χ3v) is 4.60. The van der Waals surface area contributed by atoms with Gasteiger partial charge in [0.1, 0.15) is 6.04 Å². The van der Waals surface area contributed by atoms with Crippen LogP contribution in [-0.2, 0) is 6.18 Å². The minimum atomic E-state index is -4.39. The molecular weight excluding hydrogens is 355 g/mol. The lowest BCUT2D eigenvalue weighted by molar-refractivity contribution is -0.137. The fourth-order valence-electron chi connectivity index (χ4n) is 3.36. The highest BCUT2D eigenvalue weighted by molar-refractivity contribution is 5.87. The topological polar surface area (TPSA) is 43.2 Å². The summed E-state index contributed by atoms with van der Waals surface area (Å²) in [5.74, 6) is 0.673. The zero-order valence-corrected chi connectivity index (χ0v) is 15.5. The van der Waals surface area contributed by atoms with Crippen LogP contribution in [0.1, 0.15) is 37.4 Å². The van der Waals surface area contributed by atoms with Gasteiger partial charge in [0.25, 0.3) is 0 Å². The van der Waals surface area contributed by atoms with Gasteiger partial charge in [0.15, 0.2) is 0 Å². The average molecular weight is 379 g/mol. The summed E-state index contributed by atoms with van der Waals surface area (Å²) in [6.45, 7) is 6.99. The zero-order chi connectivity index (χ0) is 19.4. The van der Waals surface area contributed by atoms with Crippen LogP contribution in [0.3, 0.4) is 0 Å². The van der Waals surface area contributed by atoms with E-state index in [1.807, 2.05) is 19.1 Å². The number of aliphatic imine (C=N–C) groups is 1. The molecule has 1 aromatic carbocycles. The van der Waals surface area contributed by atoms with Gasteiger partial charge in [-0.25, -0.2) is 10.0 Å². The summed E-state index contributed by atoms with van der Waals surface area (Å²) < 4.78 is 39.6. The lowest BCUT2D eigenvalue weighted by atomic mass is 9.99. The summed E-state index contributed by atoms with van der Waals surface area (Å²) in [6.07, 6.45) is 1.91. The van der Waals surface area contributed by atoms with Crippen molar-refractivity contribution >= 4 is 17.9 Å². The molecule has 0 aromatic heterocycles. The van der Waals surface area contributed by atoms with Crippen molar-refractivity contribution in [2.45, 2.75) is 32.5 Å². The molecule has 8 heteroatoms. The Hall–Kier alpha value is -2.35. The van der Waals surface area contributed by atoms with Crippen LogP contribution in [0.5, 0.6) is 0 Å². The number of nitrogens with zero attached hydrogens (tertiary/aromatic N) is 4. The Balaban J connectivity index is 2.11. The maximum Gasteiger partial charge on any atom is 0.416 e. The number of hydrogen-bond donors (Lipinski definition) is 1. The smallest absolute Gasteiger partial charge is 0.340 e. The van der Waals surface area contributed by atoms with Gasteiger partial charge in [0.2, 0.25) is 5.96 Å². The summed E-state index contributed by atoms with van der Waals surface area (Å²) in [5, 5.41) is 9.51. The van der Waals surface area contributed by atoms with Gasteiger partial charge in [0.05, 0.1) is 11.3 Å². The van der Waals surface area contributed by atoms with E-state index in [4.69, 9.17) is 4.99 Å². The third-order valence-electron chi connectivity index (χ3n) is 4.60. The van der Waals surface area contributed by atoms with Crippen LogP contribution in [0.15, 0.2) is 40.4 Å². The number of halogens is 3. The normalized spacial score (nSPS) is 21.5. The van der Waals surface area contributed by atoms with Crippen LogP contribution in [0.25, 0.3) is 0 Å². The largest absolute Gasteiger partial charge is 0.416 e. The van der Waals surface area contributed by atoms with Crippen LogP contribution in [0, 0.1) is 0 Å². The minimum Gasteiger partial charge on any atom is -0.340 e. The first-order valence-electron chi connectivity index (χ1n) is 9.12. The van der Waals surface area contributed by atoms with Gasteiger partial charge in [-0.2, -0.15) is 18.3 Å². The van der Waals surface area contributed by atoms with Crippen molar-refractivity contribution in [2.24, 2.45) is 10.1 Å². The van der Waals surface area contributed by atoms with Crippen LogP contribution in [0.2, 0.25) is 0 Å². The maximum absolute atomic E-state index is 13.2. The molecule has 1 unspecified atom stereocenters. The van der Waals surface area contributed by atoms with Gasteiger partial charge in [-0.3, -0.25) is 0 Å². The van der Waals surface area contributed by atoms with E-state index >= 15 is 0 Å². The summed E-state index contributed by atoms with van der Waals surface area (Å²) in [5.41, 5.74) is 0.389. The van der Waals surface area contributed by atoms with Gasteiger partial charge in [0, 0.05) is 31.4 Å². The number of nitrogens with one attached hydrogen (secondary N) is 1. The summed E-state index contributed by atoms with van der Waals surface area (Å²) in [7, 11) is 0. The molecule has 0 spiro atoms. The molecule has 0 radical (unpaired) electrons. The summed E-state index contributed by atoms with van der Waals surface area (Å²) in [6, 6.07) is 3.29. The quantitative estimate of drug-likeness (QED) is 0.626. The molecule has 0 saturated carbocycles. The number of hydrogen-bond acceptors (Lipinski definition) is 5. The Morgan fingerprint density at radius 3 is 2.74 bits per heavy atom. The monoisotopic (exact) mass is 379 g/mol. The van der Waals surface area contributed by atoms with Gasteiger partial charge in [-0.15, -0.1) is 0 Å². The predicted octanol–water partition coefficient (Wildman–Crippen LogP) is 3.93. The lowest BCUT2D eigenvalue weighted by Gasteiger charge is -2.38. The average Bonchev–Trinajstić information content (AvgIpc) is 2.91. The minimum absolute atomic E-state index is 0.438. The first-order chi connectivity index (χ1) is 13.0. The standard InChI is InChI=1S/C19H24F3N5/c1-3-6-17-15-13-14(19(20,21)22)7-8-16(15)25-18(27(17)24-4-2)26-11-5-9-23-10-12-26/h3-4,6-8,13,17,23H,5,9-12H2,1-2H3/b6-3+,24-4-. The highest BCUT2D eigenvalue weighted by atomic mass is 19.4. The summed E-state index contributed by atoms with van der Waals surface area (Å²) >= 11 is 0. The molecule has 3 rings (SSSR count). The van der Waals surface area contributed by atoms with E-state index in [1.54, 1.807) is 18.1 Å². The van der Waals surface area contributed by atoms with E-state index in [1.165, 1.54) is 12.1 Å². The van der Waals surface area contributed by atoms with Gasteiger partial charge in [-0.1, -0.05) is 12.2 Å². The Kier molecular flexibility index (Phi) is 5.84. The van der Waals surface area contributed by atoms with Crippen LogP contribution in [0.4, 0.5) is 18.9 Å². The molecule has 1 aromatic rings. The first-order valence-corrected chi connectivity index (χ1v) is 9.12. The molecule has 1 N–H and O–H groups in total. The summed E-state index contributed by atoms with van der Waals surface area (Å²) in [4.78, 5) is 6.84. The number of guanidine groups is 1. The number of hydrazone groups is 1. The highest BCUT2D eigenvalue weighted by Crippen LogP contribution is 2.40. The molecule has 5 nitrogen and oxygen atoms in total. The molecule has 0 bridgehead atoms. The fourth-order valence-corrected chi connectivity index (χ4v) is 3.36. The second kappa shape index (κ2) is 8.12. The van der Waals surface area contributed by atoms with Crippen molar-refractivity contribution in [1.82, 2.24) is 15.2 Å². The predicted molar refractivity (Wildman–Crippen MR) is 101 cm³/mol. The number of rotatable bonds is 2. The molecule has 0 amide bonds. The number of benzene rings is 1. The van der Waals surface area contributed by atoms with Crippen LogP contribution < -0.4 is 5.32 Å². The molecule has 2 heterocycles. The van der Waals surface area contributed by atoms with Gasteiger partial charge >= 0.3 is 6.18 Å². The van der Waals surface area contributed by atoms with Crippen molar-refractivity contribution in [3.63, 3.8) is 0 Å². The molecule has 2 aliphatic rings. The van der Waals surface area contributed by atoms with E-state index in [0.29, 0.717) is 17.2 Å². The van der Waals surface area contributed by atoms with Gasteiger partial charge < -0.3 is 10.2 Å². The molecule has 0 aliphatic carbocycles. The van der Waals surface area contributed by atoms with Gasteiger partial charge in [-0.05, 0) is 45.0 Å². The van der Waals surface area contributed by atoms with E-state index < -0.39 is 17.8 Å². The number of alkyl halides is 3. The molecule has 2 aliphatic heterocycles. The Morgan fingerprint density at radius 2 is 2.04 bits per heavy atom. The first kappa shape index (κ1) is 19.4. The molecule has 1 atom stereocenters. The molecule has 1 fully saturated rings. The van der Waals surface area contributed by atoms with Crippen LogP contribution >= 0.6 is 0 Å². The number of fused-ring (bicyclic) bond motifs is 1. The second-order valence-electron chi connectivity index (χ2n) is 6.46. The lowest BCUT2D eigenvalue weighted by Crippen LogP contribution is -2.46. The Morgan fingerprint density at radius 1 is 1.22 bits per heavy atom. The molecule has 146 valence electrons. The van der Waals surface area contributed by atoms with Crippen molar-refractivity contribution in [3.05, 3.63) is 41.5 Å². The van der Waals surface area contributed by atoms with Crippen LogP contribution in [-0.4, -0.2) is 48.3 Å². The van der Waals surface area contributed by atoms with E-state index in [-0.39, 0.29) is 0 Å². The van der Waals surface area contributed by atoms with E-state index in [0.717, 1.165) is 38.7 Å². The fraction of sp³-hybridized carbons (Fsp3) is 0.474. The van der Waals surface area contributed by atoms with Crippen molar-refractivity contribution < 1.29 is 13.2 Å². The highest BCUT2D eigenvalue weighted by Gasteiger charge is 2.36. The van der Waals surface area contributed by atoms with E-state index in [9.17, 15) is 13.2 Å². The zero-order valence-electron chi connectivity index (χ0n) is 15.5. The maximum atomic E-state index is 13.2. The SMILES string of the molecule is C/C=N\N1C(N2CCCNCC2)=Nc2ccc(C(F)(F)F)cc2C1/C=C/C.